The fourth-order valence-corrected chi connectivity index (χ4v) is 3.40. The smallest absolute Gasteiger partial charge is 0.337 e. The number of rotatable bonds is 5. The van der Waals surface area contributed by atoms with Gasteiger partial charge in [-0.1, -0.05) is 48.0 Å². The molecule has 1 atom stereocenters. The van der Waals surface area contributed by atoms with E-state index >= 15 is 0 Å². The van der Waals surface area contributed by atoms with E-state index in [0.717, 1.165) is 5.56 Å². The Labute approximate surface area is 171 Å². The van der Waals surface area contributed by atoms with Gasteiger partial charge in [-0.25, -0.2) is 9.59 Å². The van der Waals surface area contributed by atoms with Gasteiger partial charge in [0.05, 0.1) is 30.2 Å². The van der Waals surface area contributed by atoms with Crippen molar-refractivity contribution < 1.29 is 19.2 Å². The lowest BCUT2D eigenvalue weighted by molar-refractivity contribution is -0.384. The molecule has 3 rings (SSSR count). The van der Waals surface area contributed by atoms with E-state index in [0.29, 0.717) is 11.3 Å². The summed E-state index contributed by atoms with van der Waals surface area (Å²) < 4.78 is 4.91. The minimum atomic E-state index is -0.905. The second-order valence-electron chi connectivity index (χ2n) is 6.41. The summed E-state index contributed by atoms with van der Waals surface area (Å²) in [5.41, 5.74) is 1.53. The predicted molar refractivity (Wildman–Crippen MR) is 106 cm³/mol. The zero-order chi connectivity index (χ0) is 21.1. The van der Waals surface area contributed by atoms with Gasteiger partial charge in [0.25, 0.3) is 5.69 Å². The van der Waals surface area contributed by atoms with Gasteiger partial charge in [0.15, 0.2) is 0 Å². The second-order valence-corrected chi connectivity index (χ2v) is 6.82. The lowest BCUT2D eigenvalue weighted by Gasteiger charge is -2.35. The van der Waals surface area contributed by atoms with Crippen LogP contribution in [0, 0.1) is 10.1 Å². The Balaban J connectivity index is 2.07. The van der Waals surface area contributed by atoms with Crippen molar-refractivity contribution in [3.05, 3.63) is 86.1 Å². The van der Waals surface area contributed by atoms with Crippen molar-refractivity contribution in [2.75, 3.05) is 7.11 Å². The van der Waals surface area contributed by atoms with E-state index in [1.807, 2.05) is 30.3 Å². The van der Waals surface area contributed by atoms with Crippen LogP contribution in [0.1, 0.15) is 24.1 Å². The van der Waals surface area contributed by atoms with Gasteiger partial charge in [-0.2, -0.15) is 0 Å². The van der Waals surface area contributed by atoms with Gasteiger partial charge in [-0.15, -0.1) is 0 Å². The van der Waals surface area contributed by atoms with E-state index < -0.39 is 23.0 Å². The summed E-state index contributed by atoms with van der Waals surface area (Å²) in [6.07, 6.45) is 0. The standard InChI is InChI=1S/C20H18ClN3O5/c1-12-17(19(25)29-2)18(14-8-9-15(21)16(10-14)24(27)28)22-20(26)23(12)11-13-6-4-3-5-7-13/h3-10,18H,11H2,1-2H3,(H,22,26). The quantitative estimate of drug-likeness (QED) is 0.452. The number of nitro benzene ring substituents is 1. The molecule has 2 amide bonds. The summed E-state index contributed by atoms with van der Waals surface area (Å²) >= 11 is 5.89. The fraction of sp³-hybridized carbons (Fsp3) is 0.200. The van der Waals surface area contributed by atoms with Crippen molar-refractivity contribution >= 4 is 29.3 Å². The Morgan fingerprint density at radius 1 is 1.28 bits per heavy atom. The number of ether oxygens (including phenoxy) is 1. The first-order valence-electron chi connectivity index (χ1n) is 8.68. The highest BCUT2D eigenvalue weighted by atomic mass is 35.5. The number of benzene rings is 2. The fourth-order valence-electron chi connectivity index (χ4n) is 3.21. The number of hydrogen-bond acceptors (Lipinski definition) is 5. The number of carbonyl (C=O) groups is 2. The van der Waals surface area contributed by atoms with E-state index in [2.05, 4.69) is 5.32 Å². The molecule has 0 radical (unpaired) electrons. The molecule has 29 heavy (non-hydrogen) atoms. The highest BCUT2D eigenvalue weighted by molar-refractivity contribution is 6.32. The van der Waals surface area contributed by atoms with Crippen LogP contribution in [0.25, 0.3) is 0 Å². The number of carbonyl (C=O) groups excluding carboxylic acids is 2. The zero-order valence-corrected chi connectivity index (χ0v) is 16.5. The Kier molecular flexibility index (Phi) is 5.84. The van der Waals surface area contributed by atoms with Gasteiger partial charge in [0.1, 0.15) is 5.02 Å². The summed E-state index contributed by atoms with van der Waals surface area (Å²) in [7, 11) is 1.24. The van der Waals surface area contributed by atoms with Crippen LogP contribution in [0.15, 0.2) is 59.8 Å². The van der Waals surface area contributed by atoms with E-state index in [1.54, 1.807) is 6.92 Å². The molecule has 0 bridgehead atoms. The molecule has 1 unspecified atom stereocenters. The van der Waals surface area contributed by atoms with Gasteiger partial charge in [0, 0.05) is 11.8 Å². The van der Waals surface area contributed by atoms with Crippen LogP contribution in [-0.2, 0) is 16.1 Å². The molecule has 1 heterocycles. The molecule has 150 valence electrons. The molecule has 0 aromatic heterocycles. The van der Waals surface area contributed by atoms with Crippen molar-refractivity contribution in [1.29, 1.82) is 0 Å². The minimum Gasteiger partial charge on any atom is -0.466 e. The Morgan fingerprint density at radius 3 is 2.59 bits per heavy atom. The lowest BCUT2D eigenvalue weighted by Crippen LogP contribution is -2.47. The summed E-state index contributed by atoms with van der Waals surface area (Å²) in [6.45, 7) is 1.90. The van der Waals surface area contributed by atoms with Crippen LogP contribution in [-0.4, -0.2) is 28.9 Å². The molecule has 0 fully saturated rings. The third-order valence-corrected chi connectivity index (χ3v) is 5.00. The summed E-state index contributed by atoms with van der Waals surface area (Å²) in [6, 6.07) is 12.1. The first-order chi connectivity index (χ1) is 13.8. The second kappa shape index (κ2) is 8.32. The van der Waals surface area contributed by atoms with Crippen LogP contribution in [0.2, 0.25) is 5.02 Å². The van der Waals surface area contributed by atoms with Crippen molar-refractivity contribution in [3.8, 4) is 0 Å². The molecule has 0 saturated heterocycles. The largest absolute Gasteiger partial charge is 0.466 e. The van der Waals surface area contributed by atoms with Crippen LogP contribution < -0.4 is 5.32 Å². The number of nitro groups is 1. The third kappa shape index (κ3) is 4.07. The minimum absolute atomic E-state index is 0.0353. The lowest BCUT2D eigenvalue weighted by atomic mass is 9.94. The van der Waals surface area contributed by atoms with Crippen molar-refractivity contribution in [1.82, 2.24) is 10.2 Å². The third-order valence-electron chi connectivity index (χ3n) is 4.69. The van der Waals surface area contributed by atoms with Crippen LogP contribution in [0.5, 0.6) is 0 Å². The molecule has 1 aliphatic heterocycles. The first kappa shape index (κ1) is 20.3. The number of amides is 2. The highest BCUT2D eigenvalue weighted by Crippen LogP contribution is 2.35. The van der Waals surface area contributed by atoms with Gasteiger partial charge in [-0.05, 0) is 24.1 Å². The molecule has 1 N–H and O–H groups in total. The average Bonchev–Trinajstić information content (AvgIpc) is 2.71. The van der Waals surface area contributed by atoms with E-state index in [1.165, 1.54) is 30.2 Å². The normalized spacial score (nSPS) is 16.4. The van der Waals surface area contributed by atoms with Gasteiger partial charge in [0.2, 0.25) is 0 Å². The van der Waals surface area contributed by atoms with Gasteiger partial charge >= 0.3 is 12.0 Å². The summed E-state index contributed by atoms with van der Waals surface area (Å²) in [5.74, 6) is -0.636. The first-order valence-corrected chi connectivity index (χ1v) is 9.06. The molecule has 1 aliphatic rings. The van der Waals surface area contributed by atoms with Crippen LogP contribution in [0.3, 0.4) is 0 Å². The number of hydrogen-bond donors (Lipinski definition) is 1. The zero-order valence-electron chi connectivity index (χ0n) is 15.7. The van der Waals surface area contributed by atoms with Gasteiger partial charge in [-0.3, -0.25) is 15.0 Å². The molecule has 9 heteroatoms. The summed E-state index contributed by atoms with van der Waals surface area (Å²) in [5, 5.41) is 13.9. The SMILES string of the molecule is COC(=O)C1=C(C)N(Cc2ccccc2)C(=O)NC1c1ccc(Cl)c([N+](=O)[O-])c1. The highest BCUT2D eigenvalue weighted by Gasteiger charge is 2.37. The molecule has 0 aliphatic carbocycles. The molecule has 8 nitrogen and oxygen atoms in total. The maximum atomic E-state index is 12.8. The number of nitrogens with one attached hydrogen (secondary N) is 1. The number of allylic oxidation sites excluding steroid dienone is 1. The number of urea groups is 1. The molecule has 2 aromatic carbocycles. The predicted octanol–water partition coefficient (Wildman–Crippen LogP) is 3.96. The molecule has 0 spiro atoms. The number of nitrogens with zero attached hydrogens (tertiary/aromatic N) is 2. The number of methoxy groups -OCH3 is 1. The maximum Gasteiger partial charge on any atom is 0.337 e. The number of esters is 1. The van der Waals surface area contributed by atoms with Crippen molar-refractivity contribution in [2.24, 2.45) is 0 Å². The van der Waals surface area contributed by atoms with E-state index in [-0.39, 0.29) is 22.8 Å². The van der Waals surface area contributed by atoms with Crippen LogP contribution >= 0.6 is 11.6 Å². The van der Waals surface area contributed by atoms with Crippen molar-refractivity contribution in [3.63, 3.8) is 0 Å². The van der Waals surface area contributed by atoms with Gasteiger partial charge < -0.3 is 10.1 Å². The molecular formula is C20H18ClN3O5. The van der Waals surface area contributed by atoms with E-state index in [9.17, 15) is 19.7 Å². The Hall–Kier alpha value is -3.39. The van der Waals surface area contributed by atoms with Crippen LogP contribution in [0.4, 0.5) is 10.5 Å². The molecule has 2 aromatic rings. The maximum absolute atomic E-state index is 12.8. The Bertz CT molecular complexity index is 1010. The Morgan fingerprint density at radius 2 is 1.97 bits per heavy atom. The number of halogens is 1. The van der Waals surface area contributed by atoms with Crippen molar-refractivity contribution in [2.45, 2.75) is 19.5 Å². The average molecular weight is 416 g/mol. The monoisotopic (exact) mass is 415 g/mol. The molecule has 0 saturated carbocycles. The summed E-state index contributed by atoms with van der Waals surface area (Å²) in [4.78, 5) is 37.4. The molecular weight excluding hydrogens is 398 g/mol. The van der Waals surface area contributed by atoms with E-state index in [4.69, 9.17) is 16.3 Å². The topological polar surface area (TPSA) is 102 Å².